The minimum atomic E-state index is -3.63. The Hall–Kier alpha value is -1.13. The molecule has 0 N–H and O–H groups in total. The van der Waals surface area contributed by atoms with Gasteiger partial charge in [0.05, 0.1) is 11.5 Å². The van der Waals surface area contributed by atoms with Crippen molar-refractivity contribution in [3.8, 4) is 0 Å². The second-order valence-electron chi connectivity index (χ2n) is 7.21. The molecule has 0 saturated carbocycles. The summed E-state index contributed by atoms with van der Waals surface area (Å²) in [6, 6.07) is 6.75. The van der Waals surface area contributed by atoms with Gasteiger partial charge in [0, 0.05) is 0 Å². The molecule has 0 radical (unpaired) electrons. The Labute approximate surface area is 148 Å². The van der Waals surface area contributed by atoms with Gasteiger partial charge in [0.15, 0.2) is 0 Å². The Morgan fingerprint density at radius 2 is 1.75 bits per heavy atom. The standard InChI is InChI=1S/C20H32O3S/c1-16(2)15-19(5)8-6-7-17(3)13-14-23-24(21,22)20-11-9-18(4)10-12-20/h8-12,16-17H,6-7,13-15H2,1-5H3. The zero-order valence-electron chi connectivity index (χ0n) is 15.7. The SMILES string of the molecule is CC(=CCCC(C)CCOS(=O)(=O)c1ccc(C)cc1)CC(C)C. The highest BCUT2D eigenvalue weighted by atomic mass is 32.2. The van der Waals surface area contributed by atoms with Crippen LogP contribution in [-0.4, -0.2) is 15.0 Å². The van der Waals surface area contributed by atoms with Crippen molar-refractivity contribution >= 4 is 10.1 Å². The Morgan fingerprint density at radius 3 is 2.33 bits per heavy atom. The van der Waals surface area contributed by atoms with Gasteiger partial charge in [0.1, 0.15) is 0 Å². The van der Waals surface area contributed by atoms with Gasteiger partial charge in [-0.15, -0.1) is 0 Å². The van der Waals surface area contributed by atoms with E-state index in [4.69, 9.17) is 4.18 Å². The van der Waals surface area contributed by atoms with Crippen LogP contribution in [-0.2, 0) is 14.3 Å². The minimum Gasteiger partial charge on any atom is -0.266 e. The average Bonchev–Trinajstić information content (AvgIpc) is 2.46. The number of allylic oxidation sites excluding steroid dienone is 2. The summed E-state index contributed by atoms with van der Waals surface area (Å²) in [7, 11) is -3.63. The van der Waals surface area contributed by atoms with E-state index in [1.807, 2.05) is 6.92 Å². The summed E-state index contributed by atoms with van der Waals surface area (Å²) in [5.74, 6) is 1.14. The van der Waals surface area contributed by atoms with E-state index in [0.29, 0.717) is 11.8 Å². The maximum atomic E-state index is 12.1. The monoisotopic (exact) mass is 352 g/mol. The fourth-order valence-corrected chi connectivity index (χ4v) is 3.54. The van der Waals surface area contributed by atoms with Crippen molar-refractivity contribution in [3.63, 3.8) is 0 Å². The van der Waals surface area contributed by atoms with Crippen LogP contribution in [0.25, 0.3) is 0 Å². The summed E-state index contributed by atoms with van der Waals surface area (Å²) >= 11 is 0. The van der Waals surface area contributed by atoms with E-state index in [0.717, 1.165) is 31.2 Å². The van der Waals surface area contributed by atoms with E-state index in [1.165, 1.54) is 5.57 Å². The van der Waals surface area contributed by atoms with Crippen LogP contribution in [0.15, 0.2) is 40.8 Å². The molecule has 1 atom stereocenters. The van der Waals surface area contributed by atoms with Gasteiger partial charge in [-0.3, -0.25) is 4.18 Å². The van der Waals surface area contributed by atoms with Gasteiger partial charge in [-0.1, -0.05) is 50.1 Å². The molecule has 0 bridgehead atoms. The van der Waals surface area contributed by atoms with E-state index < -0.39 is 10.1 Å². The van der Waals surface area contributed by atoms with E-state index >= 15 is 0 Å². The molecule has 1 rings (SSSR count). The van der Waals surface area contributed by atoms with Crippen molar-refractivity contribution < 1.29 is 12.6 Å². The number of rotatable bonds is 10. The third-order valence-corrected chi connectivity index (χ3v) is 5.37. The fraction of sp³-hybridized carbons (Fsp3) is 0.600. The average molecular weight is 353 g/mol. The Kier molecular flexibility index (Phi) is 8.71. The van der Waals surface area contributed by atoms with Crippen LogP contribution in [0.5, 0.6) is 0 Å². The van der Waals surface area contributed by atoms with Crippen molar-refractivity contribution in [1.82, 2.24) is 0 Å². The van der Waals surface area contributed by atoms with Crippen LogP contribution in [0.2, 0.25) is 0 Å². The number of hydrogen-bond donors (Lipinski definition) is 0. The van der Waals surface area contributed by atoms with Crippen LogP contribution in [0.3, 0.4) is 0 Å². The smallest absolute Gasteiger partial charge is 0.266 e. The van der Waals surface area contributed by atoms with Gasteiger partial charge in [-0.25, -0.2) is 0 Å². The number of benzene rings is 1. The zero-order chi connectivity index (χ0) is 18.2. The molecule has 0 fully saturated rings. The molecule has 0 aromatic heterocycles. The highest BCUT2D eigenvalue weighted by Gasteiger charge is 2.15. The molecular weight excluding hydrogens is 320 g/mol. The van der Waals surface area contributed by atoms with Crippen molar-refractivity contribution in [2.24, 2.45) is 11.8 Å². The van der Waals surface area contributed by atoms with Crippen LogP contribution in [0.1, 0.15) is 58.9 Å². The first kappa shape index (κ1) is 20.9. The maximum Gasteiger partial charge on any atom is 0.296 e. The van der Waals surface area contributed by atoms with E-state index in [-0.39, 0.29) is 11.5 Å². The van der Waals surface area contributed by atoms with Crippen LogP contribution in [0, 0.1) is 18.8 Å². The van der Waals surface area contributed by atoms with Crippen molar-refractivity contribution in [2.75, 3.05) is 6.61 Å². The lowest BCUT2D eigenvalue weighted by Crippen LogP contribution is -2.10. The Morgan fingerprint density at radius 1 is 1.12 bits per heavy atom. The topological polar surface area (TPSA) is 43.4 Å². The molecule has 0 spiro atoms. The lowest BCUT2D eigenvalue weighted by atomic mass is 9.99. The molecule has 0 heterocycles. The normalized spacial score (nSPS) is 14.2. The third-order valence-electron chi connectivity index (χ3n) is 4.04. The maximum absolute atomic E-state index is 12.1. The molecule has 0 aliphatic heterocycles. The van der Waals surface area contributed by atoms with Gasteiger partial charge < -0.3 is 0 Å². The first-order valence-corrected chi connectivity index (χ1v) is 10.2. The Bertz CT molecular complexity index is 613. The van der Waals surface area contributed by atoms with Gasteiger partial charge >= 0.3 is 0 Å². The summed E-state index contributed by atoms with van der Waals surface area (Å²) in [5, 5.41) is 0. The van der Waals surface area contributed by atoms with Crippen molar-refractivity contribution in [1.29, 1.82) is 0 Å². The van der Waals surface area contributed by atoms with Crippen molar-refractivity contribution in [2.45, 2.75) is 65.2 Å². The molecule has 24 heavy (non-hydrogen) atoms. The number of aryl methyl sites for hydroxylation is 1. The predicted molar refractivity (Wildman–Crippen MR) is 101 cm³/mol. The summed E-state index contributed by atoms with van der Waals surface area (Å²) in [4.78, 5) is 0.230. The molecule has 1 unspecified atom stereocenters. The molecule has 0 aliphatic carbocycles. The van der Waals surface area contributed by atoms with E-state index in [9.17, 15) is 8.42 Å². The molecule has 4 heteroatoms. The van der Waals surface area contributed by atoms with Crippen LogP contribution < -0.4 is 0 Å². The van der Waals surface area contributed by atoms with Crippen molar-refractivity contribution in [3.05, 3.63) is 41.5 Å². The largest absolute Gasteiger partial charge is 0.296 e. The van der Waals surface area contributed by atoms with Gasteiger partial charge in [0.2, 0.25) is 0 Å². The number of hydrogen-bond acceptors (Lipinski definition) is 3. The van der Waals surface area contributed by atoms with Gasteiger partial charge in [-0.2, -0.15) is 8.42 Å². The Balaban J connectivity index is 2.34. The second-order valence-corrected chi connectivity index (χ2v) is 8.82. The lowest BCUT2D eigenvalue weighted by Gasteiger charge is -2.11. The molecule has 1 aromatic carbocycles. The fourth-order valence-electron chi connectivity index (χ4n) is 2.62. The minimum absolute atomic E-state index is 0.230. The predicted octanol–water partition coefficient (Wildman–Crippen LogP) is 5.50. The highest BCUT2D eigenvalue weighted by molar-refractivity contribution is 7.86. The van der Waals surface area contributed by atoms with Crippen LogP contribution >= 0.6 is 0 Å². The molecule has 3 nitrogen and oxygen atoms in total. The van der Waals surface area contributed by atoms with E-state index in [2.05, 4.69) is 33.8 Å². The van der Waals surface area contributed by atoms with Crippen LogP contribution in [0.4, 0.5) is 0 Å². The first-order chi connectivity index (χ1) is 11.2. The molecule has 0 saturated heterocycles. The van der Waals surface area contributed by atoms with E-state index in [1.54, 1.807) is 24.3 Å². The molecule has 0 aliphatic rings. The van der Waals surface area contributed by atoms with Gasteiger partial charge in [0.25, 0.3) is 10.1 Å². The molecule has 0 amide bonds. The summed E-state index contributed by atoms with van der Waals surface area (Å²) in [5.41, 5.74) is 2.47. The third kappa shape index (κ3) is 8.11. The summed E-state index contributed by atoms with van der Waals surface area (Å²) < 4.78 is 29.4. The zero-order valence-corrected chi connectivity index (χ0v) is 16.5. The quantitative estimate of drug-likeness (QED) is 0.412. The van der Waals surface area contributed by atoms with Gasteiger partial charge in [-0.05, 0) is 63.5 Å². The lowest BCUT2D eigenvalue weighted by molar-refractivity contribution is 0.283. The molecular formula is C20H32O3S. The summed E-state index contributed by atoms with van der Waals surface area (Å²) in [6.45, 7) is 11.0. The summed E-state index contributed by atoms with van der Waals surface area (Å²) in [6.07, 6.45) is 6.31. The molecule has 136 valence electrons. The molecule has 1 aromatic rings. The first-order valence-electron chi connectivity index (χ1n) is 8.82. The highest BCUT2D eigenvalue weighted by Crippen LogP contribution is 2.17. The second kappa shape index (κ2) is 10.00.